The van der Waals surface area contributed by atoms with Crippen molar-refractivity contribution in [2.75, 3.05) is 0 Å². The highest BCUT2D eigenvalue weighted by Crippen LogP contribution is 2.22. The van der Waals surface area contributed by atoms with E-state index in [1.54, 1.807) is 6.20 Å². The first-order chi connectivity index (χ1) is 10.9. The Hall–Kier alpha value is -2.16. The lowest BCUT2D eigenvalue weighted by Crippen LogP contribution is -2.46. The minimum Gasteiger partial charge on any atom is -0.345 e. The van der Waals surface area contributed by atoms with Crippen LogP contribution >= 0.6 is 0 Å². The molecule has 0 aliphatic carbocycles. The fourth-order valence-electron chi connectivity index (χ4n) is 2.70. The van der Waals surface area contributed by atoms with Crippen molar-refractivity contribution in [2.24, 2.45) is 11.8 Å². The van der Waals surface area contributed by atoms with E-state index in [1.165, 1.54) is 5.56 Å². The summed E-state index contributed by atoms with van der Waals surface area (Å²) in [5, 5.41) is 3.17. The van der Waals surface area contributed by atoms with E-state index in [9.17, 15) is 4.79 Å². The first-order valence-corrected chi connectivity index (χ1v) is 8.17. The number of nitrogens with one attached hydrogen (secondary N) is 1. The van der Waals surface area contributed by atoms with Gasteiger partial charge in [-0.3, -0.25) is 9.78 Å². The number of benzene rings is 1. The average molecular weight is 310 g/mol. The summed E-state index contributed by atoms with van der Waals surface area (Å²) in [6, 6.07) is 16.0. The minimum absolute atomic E-state index is 0.0552. The summed E-state index contributed by atoms with van der Waals surface area (Å²) in [6.07, 6.45) is 2.51. The molecule has 0 saturated heterocycles. The van der Waals surface area contributed by atoms with E-state index < -0.39 is 5.54 Å². The number of nitrogens with zero attached hydrogens (tertiary/aromatic N) is 1. The zero-order valence-corrected chi connectivity index (χ0v) is 14.4. The molecule has 1 atom stereocenters. The van der Waals surface area contributed by atoms with E-state index >= 15 is 0 Å². The van der Waals surface area contributed by atoms with E-state index in [4.69, 9.17) is 0 Å². The fourth-order valence-corrected chi connectivity index (χ4v) is 2.70. The van der Waals surface area contributed by atoms with Crippen LogP contribution < -0.4 is 5.32 Å². The van der Waals surface area contributed by atoms with Gasteiger partial charge in [0.25, 0.3) is 0 Å². The molecule has 0 fully saturated rings. The van der Waals surface area contributed by atoms with Crippen LogP contribution in [0.1, 0.15) is 39.0 Å². The van der Waals surface area contributed by atoms with E-state index in [0.29, 0.717) is 0 Å². The van der Waals surface area contributed by atoms with Gasteiger partial charge in [0, 0.05) is 12.1 Å². The van der Waals surface area contributed by atoms with Crippen LogP contribution in [0, 0.1) is 11.8 Å². The Morgan fingerprint density at radius 3 is 2.30 bits per heavy atom. The van der Waals surface area contributed by atoms with Crippen molar-refractivity contribution < 1.29 is 4.79 Å². The van der Waals surface area contributed by atoms with Crippen molar-refractivity contribution in [2.45, 2.75) is 39.7 Å². The predicted octanol–water partition coefficient (Wildman–Crippen LogP) is 3.95. The van der Waals surface area contributed by atoms with E-state index in [1.807, 2.05) is 50.2 Å². The van der Waals surface area contributed by atoms with E-state index in [-0.39, 0.29) is 17.7 Å². The standard InChI is InChI=1S/C20H26N2O/c1-15(2)17(14-16-10-6-5-7-11-16)19(23)22-20(3,4)18-12-8-9-13-21-18/h5-13,15,17H,14H2,1-4H3,(H,22,23)/t17-/m1/s1. The molecule has 0 radical (unpaired) electrons. The molecule has 0 bridgehead atoms. The lowest BCUT2D eigenvalue weighted by Gasteiger charge is -2.29. The van der Waals surface area contributed by atoms with Crippen LogP contribution in [0.3, 0.4) is 0 Å². The largest absolute Gasteiger partial charge is 0.345 e. The van der Waals surface area contributed by atoms with Gasteiger partial charge < -0.3 is 5.32 Å². The molecule has 1 heterocycles. The predicted molar refractivity (Wildman–Crippen MR) is 93.9 cm³/mol. The SMILES string of the molecule is CC(C)[C@@H](Cc1ccccc1)C(=O)NC(C)(C)c1ccccn1. The maximum atomic E-state index is 12.8. The number of hydrogen-bond donors (Lipinski definition) is 1. The maximum Gasteiger partial charge on any atom is 0.224 e. The Balaban J connectivity index is 2.12. The molecule has 0 aliphatic heterocycles. The van der Waals surface area contributed by atoms with E-state index in [2.05, 4.69) is 36.3 Å². The van der Waals surface area contributed by atoms with Crippen LogP contribution in [0.4, 0.5) is 0 Å². The summed E-state index contributed by atoms with van der Waals surface area (Å²) in [5.41, 5.74) is 1.58. The van der Waals surface area contributed by atoms with Crippen LogP contribution in [-0.4, -0.2) is 10.9 Å². The van der Waals surface area contributed by atoms with Gasteiger partial charge in [-0.25, -0.2) is 0 Å². The topological polar surface area (TPSA) is 42.0 Å². The quantitative estimate of drug-likeness (QED) is 0.878. The molecule has 3 heteroatoms. The number of pyridine rings is 1. The summed E-state index contributed by atoms with van der Waals surface area (Å²) in [7, 11) is 0. The smallest absolute Gasteiger partial charge is 0.224 e. The van der Waals surface area contributed by atoms with Gasteiger partial charge in [0.05, 0.1) is 11.2 Å². The Morgan fingerprint density at radius 1 is 1.09 bits per heavy atom. The number of aromatic nitrogens is 1. The Labute approximate surface area is 139 Å². The first-order valence-electron chi connectivity index (χ1n) is 8.17. The van der Waals surface area contributed by atoms with Crippen LogP contribution in [0.2, 0.25) is 0 Å². The first kappa shape index (κ1) is 17.2. The summed E-state index contributed by atoms with van der Waals surface area (Å²) < 4.78 is 0. The zero-order chi connectivity index (χ0) is 16.9. The summed E-state index contributed by atoms with van der Waals surface area (Å²) >= 11 is 0. The van der Waals surface area contributed by atoms with Crippen LogP contribution in [0.15, 0.2) is 54.7 Å². The highest BCUT2D eigenvalue weighted by atomic mass is 16.2. The van der Waals surface area contributed by atoms with Gasteiger partial charge in [-0.1, -0.05) is 50.2 Å². The molecule has 2 aromatic rings. The van der Waals surface area contributed by atoms with Crippen LogP contribution in [-0.2, 0) is 16.8 Å². The highest BCUT2D eigenvalue weighted by Gasteiger charge is 2.29. The number of hydrogen-bond acceptors (Lipinski definition) is 2. The molecule has 0 aliphatic rings. The van der Waals surface area contributed by atoms with Crippen LogP contribution in [0.25, 0.3) is 0 Å². The Bertz CT molecular complexity index is 621. The molecule has 1 N–H and O–H groups in total. The van der Waals surface area contributed by atoms with Gasteiger partial charge in [-0.05, 0) is 43.9 Å². The van der Waals surface area contributed by atoms with Crippen molar-refractivity contribution >= 4 is 5.91 Å². The van der Waals surface area contributed by atoms with Crippen molar-refractivity contribution in [3.8, 4) is 0 Å². The van der Waals surface area contributed by atoms with Crippen LogP contribution in [0.5, 0.6) is 0 Å². The molecule has 0 spiro atoms. The van der Waals surface area contributed by atoms with Gasteiger partial charge in [-0.15, -0.1) is 0 Å². The monoisotopic (exact) mass is 310 g/mol. The third-order valence-electron chi connectivity index (χ3n) is 4.18. The second-order valence-electron chi connectivity index (χ2n) is 6.87. The Morgan fingerprint density at radius 2 is 1.74 bits per heavy atom. The average Bonchev–Trinajstić information content (AvgIpc) is 2.53. The zero-order valence-electron chi connectivity index (χ0n) is 14.4. The molecule has 122 valence electrons. The second-order valence-corrected chi connectivity index (χ2v) is 6.87. The molecule has 3 nitrogen and oxygen atoms in total. The van der Waals surface area contributed by atoms with Crippen molar-refractivity contribution in [3.63, 3.8) is 0 Å². The van der Waals surface area contributed by atoms with Gasteiger partial charge in [0.15, 0.2) is 0 Å². The third kappa shape index (κ3) is 4.65. The molecule has 23 heavy (non-hydrogen) atoms. The lowest BCUT2D eigenvalue weighted by atomic mass is 9.87. The second kappa shape index (κ2) is 7.40. The summed E-state index contributed by atoms with van der Waals surface area (Å²) in [5.74, 6) is 0.301. The fraction of sp³-hybridized carbons (Fsp3) is 0.400. The number of amides is 1. The molecule has 1 aromatic carbocycles. The minimum atomic E-state index is -0.484. The van der Waals surface area contributed by atoms with Gasteiger partial charge >= 0.3 is 0 Å². The molecule has 0 saturated carbocycles. The van der Waals surface area contributed by atoms with Crippen molar-refractivity contribution in [1.82, 2.24) is 10.3 Å². The third-order valence-corrected chi connectivity index (χ3v) is 4.18. The van der Waals surface area contributed by atoms with Gasteiger partial charge in [-0.2, -0.15) is 0 Å². The number of rotatable bonds is 6. The number of carbonyl (C=O) groups excluding carboxylic acids is 1. The van der Waals surface area contributed by atoms with Crippen molar-refractivity contribution in [3.05, 3.63) is 66.0 Å². The molecular weight excluding hydrogens is 284 g/mol. The van der Waals surface area contributed by atoms with Gasteiger partial charge in [0.2, 0.25) is 5.91 Å². The van der Waals surface area contributed by atoms with Crippen molar-refractivity contribution in [1.29, 1.82) is 0 Å². The molecule has 0 unspecified atom stereocenters. The molecule has 1 amide bonds. The maximum absolute atomic E-state index is 12.8. The van der Waals surface area contributed by atoms with Gasteiger partial charge in [0.1, 0.15) is 0 Å². The molecular formula is C20H26N2O. The van der Waals surface area contributed by atoms with E-state index in [0.717, 1.165) is 12.1 Å². The highest BCUT2D eigenvalue weighted by molar-refractivity contribution is 5.80. The summed E-state index contributed by atoms with van der Waals surface area (Å²) in [6.45, 7) is 8.18. The number of carbonyl (C=O) groups is 1. The molecule has 2 rings (SSSR count). The normalized spacial score (nSPS) is 12.9. The summed E-state index contributed by atoms with van der Waals surface area (Å²) in [4.78, 5) is 17.2. The lowest BCUT2D eigenvalue weighted by molar-refractivity contribution is -0.128. The Kier molecular flexibility index (Phi) is 5.54. The molecule has 1 aromatic heterocycles.